The van der Waals surface area contributed by atoms with Gasteiger partial charge in [0.05, 0.1) is 11.1 Å². The molecule has 2 aromatic carbocycles. The molecule has 0 spiro atoms. The van der Waals surface area contributed by atoms with E-state index in [1.54, 1.807) is 35.4 Å². The second kappa shape index (κ2) is 8.98. The highest BCUT2D eigenvalue weighted by molar-refractivity contribution is 5.78. The number of rotatable bonds is 6. The smallest absolute Gasteiger partial charge is 0.416 e. The Balaban J connectivity index is 1.50. The quantitative estimate of drug-likeness (QED) is 0.476. The van der Waals surface area contributed by atoms with Crippen LogP contribution in [0.1, 0.15) is 41.2 Å². The predicted molar refractivity (Wildman–Crippen MR) is 115 cm³/mol. The van der Waals surface area contributed by atoms with Crippen molar-refractivity contribution in [1.29, 1.82) is 0 Å². The van der Waals surface area contributed by atoms with Gasteiger partial charge in [-0.2, -0.15) is 26.3 Å². The third kappa shape index (κ3) is 5.16. The molecule has 35 heavy (non-hydrogen) atoms. The predicted octanol–water partition coefficient (Wildman–Crippen LogP) is 6.31. The number of benzene rings is 2. The van der Waals surface area contributed by atoms with Gasteiger partial charge in [0.15, 0.2) is 0 Å². The monoisotopic (exact) mass is 497 g/mol. The fourth-order valence-electron chi connectivity index (χ4n) is 4.29. The van der Waals surface area contributed by atoms with E-state index < -0.39 is 47.7 Å². The van der Waals surface area contributed by atoms with Gasteiger partial charge in [-0.15, -0.1) is 0 Å². The zero-order valence-electron chi connectivity index (χ0n) is 18.5. The molecule has 1 aliphatic carbocycles. The van der Waals surface area contributed by atoms with Gasteiger partial charge in [-0.1, -0.05) is 12.1 Å². The minimum Gasteiger partial charge on any atom is -0.489 e. The summed E-state index contributed by atoms with van der Waals surface area (Å²) in [6.07, 6.45) is -5.16. The first-order valence-corrected chi connectivity index (χ1v) is 10.7. The lowest BCUT2D eigenvalue weighted by atomic mass is 9.85. The second-order valence-electron chi connectivity index (χ2n) is 8.50. The summed E-state index contributed by atoms with van der Waals surface area (Å²) >= 11 is 0. The molecular formula is C25H21F6NO3. The van der Waals surface area contributed by atoms with Crippen LogP contribution in [0.3, 0.4) is 0 Å². The number of allylic oxidation sites excluding steroid dienone is 1. The zero-order valence-corrected chi connectivity index (χ0v) is 18.5. The Kier molecular flexibility index (Phi) is 6.33. The molecule has 4 rings (SSSR count). The zero-order chi connectivity index (χ0) is 25.5. The van der Waals surface area contributed by atoms with E-state index in [4.69, 9.17) is 4.74 Å². The lowest BCUT2D eigenvalue weighted by Gasteiger charge is -2.35. The van der Waals surface area contributed by atoms with Crippen LogP contribution in [0.15, 0.2) is 54.2 Å². The summed E-state index contributed by atoms with van der Waals surface area (Å²) in [6.45, 7) is 1.89. The molecule has 0 saturated heterocycles. The second-order valence-corrected chi connectivity index (χ2v) is 8.50. The molecule has 1 heterocycles. The Morgan fingerprint density at radius 2 is 1.80 bits per heavy atom. The maximum absolute atomic E-state index is 13.4. The van der Waals surface area contributed by atoms with Gasteiger partial charge >= 0.3 is 18.3 Å². The Labute approximate surface area is 197 Å². The third-order valence-corrected chi connectivity index (χ3v) is 6.29. The van der Waals surface area contributed by atoms with E-state index in [1.807, 2.05) is 6.92 Å². The van der Waals surface area contributed by atoms with Crippen LogP contribution in [0.4, 0.5) is 26.3 Å². The molecule has 1 atom stereocenters. The molecule has 0 bridgehead atoms. The van der Waals surface area contributed by atoms with Crippen molar-refractivity contribution in [3.05, 3.63) is 82.1 Å². The van der Waals surface area contributed by atoms with Crippen molar-refractivity contribution in [3.63, 3.8) is 0 Å². The van der Waals surface area contributed by atoms with E-state index in [-0.39, 0.29) is 6.07 Å². The summed E-state index contributed by atoms with van der Waals surface area (Å²) in [5, 5.41) is 9.20. The molecule has 0 fully saturated rings. The molecule has 1 N–H and O–H groups in total. The molecule has 2 aliphatic rings. The molecule has 4 nitrogen and oxygen atoms in total. The van der Waals surface area contributed by atoms with Gasteiger partial charge in [0.2, 0.25) is 0 Å². The molecule has 186 valence electrons. The molecule has 0 amide bonds. The van der Waals surface area contributed by atoms with E-state index in [1.165, 1.54) is 0 Å². The minimum absolute atomic E-state index is 0.101. The van der Waals surface area contributed by atoms with E-state index in [0.29, 0.717) is 31.2 Å². The summed E-state index contributed by atoms with van der Waals surface area (Å²) in [5.41, 5.74) is 0.835. The molecule has 0 aromatic heterocycles. The van der Waals surface area contributed by atoms with Gasteiger partial charge in [0, 0.05) is 12.1 Å². The van der Waals surface area contributed by atoms with Crippen LogP contribution in [0, 0.1) is 0 Å². The van der Waals surface area contributed by atoms with Crippen molar-refractivity contribution in [1.82, 2.24) is 4.90 Å². The Morgan fingerprint density at radius 1 is 1.06 bits per heavy atom. The first-order chi connectivity index (χ1) is 16.3. The van der Waals surface area contributed by atoms with Crippen LogP contribution in [-0.4, -0.2) is 28.6 Å². The van der Waals surface area contributed by atoms with Gasteiger partial charge in [-0.05, 0) is 78.6 Å². The van der Waals surface area contributed by atoms with Gasteiger partial charge < -0.3 is 14.7 Å². The number of hydrogen-bond donors (Lipinski definition) is 1. The van der Waals surface area contributed by atoms with Crippen LogP contribution in [-0.2, 0) is 30.2 Å². The number of nitrogens with zero attached hydrogens (tertiary/aromatic N) is 1. The fourth-order valence-corrected chi connectivity index (χ4v) is 4.29. The van der Waals surface area contributed by atoms with Crippen molar-refractivity contribution >= 4 is 11.5 Å². The number of alkyl halides is 6. The molecule has 0 radical (unpaired) electrons. The van der Waals surface area contributed by atoms with E-state index in [9.17, 15) is 36.2 Å². The Morgan fingerprint density at radius 3 is 2.40 bits per heavy atom. The molecule has 1 unspecified atom stereocenters. The maximum Gasteiger partial charge on any atom is 0.416 e. The first-order valence-electron chi connectivity index (χ1n) is 10.7. The van der Waals surface area contributed by atoms with Crippen molar-refractivity contribution < 1.29 is 41.0 Å². The lowest BCUT2D eigenvalue weighted by Crippen LogP contribution is -2.43. The number of carboxylic acid groups (broad SMARTS) is 1. The summed E-state index contributed by atoms with van der Waals surface area (Å²) in [6, 6.07) is 5.97. The summed E-state index contributed by atoms with van der Waals surface area (Å²) < 4.78 is 84.3. The number of carboxylic acids is 1. The number of hydrogen-bond acceptors (Lipinski definition) is 3. The van der Waals surface area contributed by atoms with Crippen LogP contribution in [0.2, 0.25) is 0 Å². The summed E-state index contributed by atoms with van der Waals surface area (Å²) in [7, 11) is 0. The fraction of sp³-hybridized carbons (Fsp3) is 0.320. The van der Waals surface area contributed by atoms with E-state index >= 15 is 0 Å². The first kappa shape index (κ1) is 24.7. The number of aliphatic carboxylic acids is 1. The average Bonchev–Trinajstić information content (AvgIpc) is 2.74. The highest BCUT2D eigenvalue weighted by Crippen LogP contribution is 2.38. The number of aryl methyl sites for hydroxylation is 1. The number of halogens is 6. The molecular weight excluding hydrogens is 476 g/mol. The highest BCUT2D eigenvalue weighted by atomic mass is 19.4. The number of carbonyl (C=O) groups is 1. The van der Waals surface area contributed by atoms with Crippen molar-refractivity contribution in [3.8, 4) is 5.75 Å². The molecule has 0 saturated carbocycles. The number of fused-ring (bicyclic) bond motifs is 1. The lowest BCUT2D eigenvalue weighted by molar-refractivity contribution is -0.144. The molecule has 2 aromatic rings. The van der Waals surface area contributed by atoms with Crippen LogP contribution in [0.25, 0.3) is 5.57 Å². The van der Waals surface area contributed by atoms with Crippen molar-refractivity contribution in [2.75, 3.05) is 6.54 Å². The standard InChI is InChI=1S/C25H21F6NO3/c1-14-16(12-32-9-8-22(32)23(33)34)3-2-15-10-19(6-7-20(14)15)35-13-17-4-5-18(24(26,27)28)11-21(17)25(29,30)31/h4-11,22H,2-3,12-13H2,1H3,(H,33,34). The summed E-state index contributed by atoms with van der Waals surface area (Å²) in [4.78, 5) is 13.0. The topological polar surface area (TPSA) is 49.8 Å². The summed E-state index contributed by atoms with van der Waals surface area (Å²) in [5.74, 6) is -0.602. The Bertz CT molecular complexity index is 1210. The van der Waals surface area contributed by atoms with Crippen LogP contribution < -0.4 is 4.74 Å². The van der Waals surface area contributed by atoms with Crippen molar-refractivity contribution in [2.24, 2.45) is 0 Å². The van der Waals surface area contributed by atoms with E-state index in [2.05, 4.69) is 0 Å². The maximum atomic E-state index is 13.4. The largest absolute Gasteiger partial charge is 0.489 e. The third-order valence-electron chi connectivity index (χ3n) is 6.29. The normalized spacial score (nSPS) is 17.8. The van der Waals surface area contributed by atoms with Gasteiger partial charge in [-0.3, -0.25) is 0 Å². The minimum atomic E-state index is -4.96. The average molecular weight is 497 g/mol. The van der Waals surface area contributed by atoms with Gasteiger partial charge in [0.25, 0.3) is 0 Å². The Hall–Kier alpha value is -3.43. The van der Waals surface area contributed by atoms with Gasteiger partial charge in [-0.25, -0.2) is 4.79 Å². The molecule has 10 heteroatoms. The SMILES string of the molecule is CC1=C(CN2C=CC2C(=O)O)CCc2cc(OCc3ccc(C(F)(F)F)cc3C(F)(F)F)ccc21. The highest BCUT2D eigenvalue weighted by Gasteiger charge is 2.38. The van der Waals surface area contributed by atoms with Crippen LogP contribution >= 0.6 is 0 Å². The van der Waals surface area contributed by atoms with Gasteiger partial charge in [0.1, 0.15) is 18.4 Å². The van der Waals surface area contributed by atoms with E-state index in [0.717, 1.165) is 28.3 Å². The van der Waals surface area contributed by atoms with Crippen molar-refractivity contribution in [2.45, 2.75) is 44.8 Å². The van der Waals surface area contributed by atoms with Crippen LogP contribution in [0.5, 0.6) is 5.75 Å². The molecule has 1 aliphatic heterocycles. The number of ether oxygens (including phenoxy) is 1.